The summed E-state index contributed by atoms with van der Waals surface area (Å²) in [6, 6.07) is -1.53. The molecule has 0 heterocycles. The lowest BCUT2D eigenvalue weighted by Gasteiger charge is -2.06. The second-order valence-electron chi connectivity index (χ2n) is 3.56. The van der Waals surface area contributed by atoms with E-state index >= 15 is 0 Å². The van der Waals surface area contributed by atoms with Crippen LogP contribution in [0.1, 0.15) is 44.9 Å². The highest BCUT2D eigenvalue weighted by Gasteiger charge is 2.23. The third-order valence-electron chi connectivity index (χ3n) is 2.12. The zero-order valence-electron chi connectivity index (χ0n) is 8.58. The molecule has 0 aliphatic heterocycles. The van der Waals surface area contributed by atoms with Crippen LogP contribution in [0.25, 0.3) is 0 Å². The predicted octanol–water partition coefficient (Wildman–Crippen LogP) is 5.56. The second kappa shape index (κ2) is 9.08. The van der Waals surface area contributed by atoms with E-state index in [4.69, 9.17) is 33.2 Å². The molecule has 4 heteroatoms. The van der Waals surface area contributed by atoms with Gasteiger partial charge in [-0.1, -0.05) is 38.2 Å². The molecule has 84 valence electrons. The summed E-state index contributed by atoms with van der Waals surface area (Å²) in [7, 11) is 0. The van der Waals surface area contributed by atoms with Crippen molar-refractivity contribution in [3.05, 3.63) is 12.7 Å². The predicted molar refractivity (Wildman–Crippen MR) is 70.6 cm³/mol. The van der Waals surface area contributed by atoms with Crippen LogP contribution in [-0.2, 0) is 0 Å². The van der Waals surface area contributed by atoms with Crippen molar-refractivity contribution >= 4 is 39.2 Å². The molecular weight excluding hydrogens is 255 g/mol. The molecule has 14 heavy (non-hydrogen) atoms. The van der Waals surface area contributed by atoms with E-state index in [-0.39, 0.29) is 0 Å². The summed E-state index contributed by atoms with van der Waals surface area (Å²) in [6.45, 7) is 3.70. The summed E-state index contributed by atoms with van der Waals surface area (Å²) in [5.74, 6) is 0. The Morgan fingerprint density at radius 2 is 1.36 bits per heavy atom. The molecule has 0 aromatic heterocycles. The quantitative estimate of drug-likeness (QED) is 0.223. The van der Waals surface area contributed by atoms with Gasteiger partial charge < -0.3 is 0 Å². The molecule has 0 aromatic carbocycles. The van der Waals surface area contributed by atoms with Gasteiger partial charge in [0.1, 0.15) is 0 Å². The first-order chi connectivity index (χ1) is 6.56. The highest BCUT2D eigenvalue weighted by Crippen LogP contribution is 2.27. The summed E-state index contributed by atoms with van der Waals surface area (Å²) in [6.07, 6.45) is 10.5. The zero-order chi connectivity index (χ0) is 10.9. The molecule has 0 amide bonds. The van der Waals surface area contributed by atoms with Crippen LogP contribution < -0.4 is 0 Å². The standard InChI is InChI=1S/C10H19Cl3Si/c1-2-3-4-5-6-7-8-9-10-14(11,12)13/h2H,1,3-10H2. The first-order valence-electron chi connectivity index (χ1n) is 5.24. The minimum Gasteiger partial charge on any atom is -0.126 e. The Labute approximate surface area is 103 Å². The Morgan fingerprint density at radius 3 is 1.86 bits per heavy atom. The summed E-state index contributed by atoms with van der Waals surface area (Å²) in [5.41, 5.74) is 0. The zero-order valence-corrected chi connectivity index (χ0v) is 11.8. The van der Waals surface area contributed by atoms with Gasteiger partial charge in [-0.3, -0.25) is 0 Å². The van der Waals surface area contributed by atoms with Crippen LogP contribution in [0.4, 0.5) is 0 Å². The Morgan fingerprint density at radius 1 is 0.857 bits per heavy atom. The van der Waals surface area contributed by atoms with Crippen molar-refractivity contribution in [2.45, 2.75) is 51.0 Å². The number of hydrogen-bond donors (Lipinski definition) is 0. The van der Waals surface area contributed by atoms with Crippen molar-refractivity contribution in [3.8, 4) is 0 Å². The maximum Gasteiger partial charge on any atom is 0.341 e. The van der Waals surface area contributed by atoms with Crippen LogP contribution in [0.5, 0.6) is 0 Å². The minimum atomic E-state index is -2.33. The molecule has 0 aliphatic carbocycles. The lowest BCUT2D eigenvalue weighted by molar-refractivity contribution is 0.611. The Balaban J connectivity index is 3.03. The Hall–Kier alpha value is 0.827. The van der Waals surface area contributed by atoms with Crippen LogP contribution in [-0.4, -0.2) is 6.00 Å². The van der Waals surface area contributed by atoms with E-state index in [0.717, 1.165) is 18.9 Å². The summed E-state index contributed by atoms with van der Waals surface area (Å²) >= 11 is 17.3. The second-order valence-corrected chi connectivity index (χ2v) is 12.8. The fourth-order valence-electron chi connectivity index (χ4n) is 1.32. The van der Waals surface area contributed by atoms with Crippen molar-refractivity contribution in [2.24, 2.45) is 0 Å². The van der Waals surface area contributed by atoms with E-state index in [1.54, 1.807) is 0 Å². The minimum absolute atomic E-state index is 0.810. The Bertz CT molecular complexity index is 143. The van der Waals surface area contributed by atoms with Gasteiger partial charge in [0, 0.05) is 0 Å². The normalized spacial score (nSPS) is 11.6. The SMILES string of the molecule is C=CCCCCCCCC[Si](Cl)(Cl)Cl. The molecule has 0 fully saturated rings. The number of hydrogen-bond acceptors (Lipinski definition) is 0. The largest absolute Gasteiger partial charge is 0.341 e. The van der Waals surface area contributed by atoms with E-state index in [1.165, 1.54) is 32.1 Å². The van der Waals surface area contributed by atoms with Crippen LogP contribution in [0.15, 0.2) is 12.7 Å². The van der Waals surface area contributed by atoms with Gasteiger partial charge in [-0.15, -0.1) is 39.8 Å². The first-order valence-corrected chi connectivity index (χ1v) is 10.5. The van der Waals surface area contributed by atoms with Crippen LogP contribution in [0.2, 0.25) is 6.04 Å². The van der Waals surface area contributed by atoms with Crippen LogP contribution in [0, 0.1) is 0 Å². The molecule has 0 atom stereocenters. The van der Waals surface area contributed by atoms with Gasteiger partial charge in [0.25, 0.3) is 0 Å². The number of halogens is 3. The number of unbranched alkanes of at least 4 members (excludes halogenated alkanes) is 6. The van der Waals surface area contributed by atoms with Gasteiger partial charge in [0.05, 0.1) is 0 Å². The fraction of sp³-hybridized carbons (Fsp3) is 0.800. The van der Waals surface area contributed by atoms with E-state index in [9.17, 15) is 0 Å². The summed E-state index contributed by atoms with van der Waals surface area (Å²) in [5, 5.41) is 0. The molecule has 0 spiro atoms. The molecule has 0 rings (SSSR count). The van der Waals surface area contributed by atoms with Gasteiger partial charge in [-0.25, -0.2) is 0 Å². The van der Waals surface area contributed by atoms with Crippen molar-refractivity contribution < 1.29 is 0 Å². The van der Waals surface area contributed by atoms with Crippen molar-refractivity contribution in [3.63, 3.8) is 0 Å². The van der Waals surface area contributed by atoms with Crippen LogP contribution in [0.3, 0.4) is 0 Å². The summed E-state index contributed by atoms with van der Waals surface area (Å²) in [4.78, 5) is 0. The molecular formula is C10H19Cl3Si. The molecule has 0 nitrogen and oxygen atoms in total. The Kier molecular flexibility index (Phi) is 9.62. The van der Waals surface area contributed by atoms with Crippen LogP contribution >= 0.6 is 33.2 Å². The topological polar surface area (TPSA) is 0 Å². The first kappa shape index (κ1) is 14.8. The molecule has 0 saturated heterocycles. The lowest BCUT2D eigenvalue weighted by atomic mass is 10.1. The van der Waals surface area contributed by atoms with Crippen molar-refractivity contribution in [1.29, 1.82) is 0 Å². The van der Waals surface area contributed by atoms with Gasteiger partial charge >= 0.3 is 6.00 Å². The van der Waals surface area contributed by atoms with Gasteiger partial charge in [-0.05, 0) is 18.9 Å². The molecule has 0 bridgehead atoms. The van der Waals surface area contributed by atoms with Gasteiger partial charge in [0.2, 0.25) is 0 Å². The highest BCUT2D eigenvalue weighted by atomic mass is 35.8. The van der Waals surface area contributed by atoms with E-state index in [2.05, 4.69) is 6.58 Å². The molecule has 0 aromatic rings. The summed E-state index contributed by atoms with van der Waals surface area (Å²) < 4.78 is 0. The average Bonchev–Trinajstić information content (AvgIpc) is 2.08. The highest BCUT2D eigenvalue weighted by molar-refractivity contribution is 7.64. The van der Waals surface area contributed by atoms with Gasteiger partial charge in [0.15, 0.2) is 0 Å². The number of rotatable bonds is 9. The maximum absolute atomic E-state index is 5.77. The monoisotopic (exact) mass is 272 g/mol. The third-order valence-corrected chi connectivity index (χ3v) is 4.74. The van der Waals surface area contributed by atoms with E-state index in [1.807, 2.05) is 6.08 Å². The molecule has 0 saturated carbocycles. The molecule has 0 radical (unpaired) electrons. The van der Waals surface area contributed by atoms with E-state index < -0.39 is 6.00 Å². The average molecular weight is 274 g/mol. The number of allylic oxidation sites excluding steroid dienone is 1. The smallest absolute Gasteiger partial charge is 0.126 e. The van der Waals surface area contributed by atoms with Crippen molar-refractivity contribution in [2.75, 3.05) is 0 Å². The van der Waals surface area contributed by atoms with Crippen molar-refractivity contribution in [1.82, 2.24) is 0 Å². The molecule has 0 unspecified atom stereocenters. The molecule has 0 N–H and O–H groups in total. The maximum atomic E-state index is 5.77. The molecule has 0 aliphatic rings. The fourth-order valence-corrected chi connectivity index (χ4v) is 3.17. The lowest BCUT2D eigenvalue weighted by Crippen LogP contribution is -2.07. The third kappa shape index (κ3) is 12.8. The van der Waals surface area contributed by atoms with Gasteiger partial charge in [-0.2, -0.15) is 0 Å². The van der Waals surface area contributed by atoms with E-state index in [0.29, 0.717) is 0 Å².